The highest BCUT2D eigenvalue weighted by molar-refractivity contribution is 5.89. The van der Waals surface area contributed by atoms with Gasteiger partial charge < -0.3 is 35.3 Å². The number of nitrogens with zero attached hydrogens (tertiary/aromatic N) is 1. The van der Waals surface area contributed by atoms with E-state index in [1.807, 2.05) is 112 Å². The molecule has 0 bridgehead atoms. The number of piperidine rings is 1. The molecule has 4 N–H and O–H groups in total. The Hall–Kier alpha value is -4.74. The van der Waals surface area contributed by atoms with Crippen LogP contribution >= 0.6 is 0 Å². The van der Waals surface area contributed by atoms with E-state index in [4.69, 9.17) is 14.2 Å². The SMILES string of the molecule is CC(C)(C)NC(=O)[C@H]1CC[C@H]2CCCC[C@H]2N1C[C@@H]1C[C@H](c2ccc(CO)cc2)O[C@H](c2ccc(CNC(=O)Nc3ccc(Oc4ccccc4)cc3)cc2)O1. The lowest BCUT2D eigenvalue weighted by atomic mass is 9.75. The molecule has 296 valence electrons. The Morgan fingerprint density at radius 3 is 2.18 bits per heavy atom. The summed E-state index contributed by atoms with van der Waals surface area (Å²) in [5, 5.41) is 18.8. The van der Waals surface area contributed by atoms with Gasteiger partial charge in [-0.15, -0.1) is 0 Å². The number of aliphatic hydroxyl groups is 1. The maximum Gasteiger partial charge on any atom is 0.319 e. The van der Waals surface area contributed by atoms with Gasteiger partial charge in [-0.3, -0.25) is 9.69 Å². The molecular weight excluding hydrogens is 705 g/mol. The van der Waals surface area contributed by atoms with Crippen LogP contribution in [0.4, 0.5) is 10.5 Å². The first-order valence-corrected chi connectivity index (χ1v) is 20.2. The van der Waals surface area contributed by atoms with Crippen LogP contribution in [0.1, 0.15) is 100 Å². The molecule has 2 heterocycles. The maximum atomic E-state index is 13.8. The van der Waals surface area contributed by atoms with Crippen LogP contribution in [0.15, 0.2) is 103 Å². The zero-order valence-corrected chi connectivity index (χ0v) is 32.8. The van der Waals surface area contributed by atoms with Crippen molar-refractivity contribution in [1.29, 1.82) is 0 Å². The lowest BCUT2D eigenvalue weighted by molar-refractivity contribution is -0.255. The average molecular weight is 761 g/mol. The van der Waals surface area contributed by atoms with Gasteiger partial charge in [0, 0.05) is 42.3 Å². The zero-order chi connectivity index (χ0) is 39.1. The topological polar surface area (TPSA) is 121 Å². The Kier molecular flexibility index (Phi) is 12.7. The molecule has 7 rings (SSSR count). The Morgan fingerprint density at radius 2 is 1.46 bits per heavy atom. The molecule has 10 nitrogen and oxygen atoms in total. The molecule has 6 atom stereocenters. The van der Waals surface area contributed by atoms with Gasteiger partial charge in [0.1, 0.15) is 11.5 Å². The molecule has 10 heteroatoms. The molecule has 0 unspecified atom stereocenters. The zero-order valence-electron chi connectivity index (χ0n) is 32.8. The molecule has 3 fully saturated rings. The lowest BCUT2D eigenvalue weighted by Gasteiger charge is -2.50. The number of carbonyl (C=O) groups is 2. The van der Waals surface area contributed by atoms with E-state index in [0.717, 1.165) is 47.3 Å². The number of rotatable bonds is 11. The van der Waals surface area contributed by atoms with Crippen LogP contribution in [0.3, 0.4) is 0 Å². The minimum atomic E-state index is -0.621. The lowest BCUT2D eigenvalue weighted by Crippen LogP contribution is -2.61. The van der Waals surface area contributed by atoms with Crippen LogP contribution in [-0.4, -0.2) is 52.2 Å². The van der Waals surface area contributed by atoms with Crippen LogP contribution in [0.2, 0.25) is 0 Å². The number of hydrogen-bond donors (Lipinski definition) is 4. The van der Waals surface area contributed by atoms with E-state index >= 15 is 0 Å². The Morgan fingerprint density at radius 1 is 0.786 bits per heavy atom. The molecular formula is C46H56N4O6. The summed E-state index contributed by atoms with van der Waals surface area (Å²) in [5.41, 5.74) is 4.04. The van der Waals surface area contributed by atoms with Crippen molar-refractivity contribution in [3.05, 3.63) is 125 Å². The number of para-hydroxylation sites is 1. The van der Waals surface area contributed by atoms with Crippen molar-refractivity contribution in [2.45, 2.75) is 115 Å². The van der Waals surface area contributed by atoms with Gasteiger partial charge in [0.15, 0.2) is 6.29 Å². The monoisotopic (exact) mass is 760 g/mol. The number of anilines is 1. The molecule has 0 aromatic heterocycles. The van der Waals surface area contributed by atoms with E-state index in [1.54, 1.807) is 12.1 Å². The summed E-state index contributed by atoms with van der Waals surface area (Å²) < 4.78 is 19.3. The third-order valence-electron chi connectivity index (χ3n) is 11.1. The van der Waals surface area contributed by atoms with Gasteiger partial charge in [-0.1, -0.05) is 79.6 Å². The number of fused-ring (bicyclic) bond motifs is 1. The van der Waals surface area contributed by atoms with Crippen molar-refractivity contribution >= 4 is 17.6 Å². The van der Waals surface area contributed by atoms with Gasteiger partial charge in [-0.25, -0.2) is 4.79 Å². The summed E-state index contributed by atoms with van der Waals surface area (Å²) in [6.45, 7) is 7.09. The van der Waals surface area contributed by atoms with Gasteiger partial charge in [-0.05, 0) is 105 Å². The minimum Gasteiger partial charge on any atom is -0.457 e. The van der Waals surface area contributed by atoms with Crippen LogP contribution in [0, 0.1) is 5.92 Å². The Balaban J connectivity index is 1.02. The van der Waals surface area contributed by atoms with Gasteiger partial charge in [-0.2, -0.15) is 0 Å². The van der Waals surface area contributed by atoms with Crippen LogP contribution in [0.5, 0.6) is 11.5 Å². The fourth-order valence-electron chi connectivity index (χ4n) is 8.38. The minimum absolute atomic E-state index is 0.0176. The number of amides is 3. The second kappa shape index (κ2) is 18.0. The van der Waals surface area contributed by atoms with Crippen LogP contribution in [-0.2, 0) is 27.4 Å². The fourth-order valence-corrected chi connectivity index (χ4v) is 8.38. The smallest absolute Gasteiger partial charge is 0.319 e. The van der Waals surface area contributed by atoms with Crippen molar-refractivity contribution in [2.75, 3.05) is 11.9 Å². The first-order chi connectivity index (χ1) is 27.1. The predicted molar refractivity (Wildman–Crippen MR) is 217 cm³/mol. The number of hydrogen-bond acceptors (Lipinski definition) is 7. The second-order valence-electron chi connectivity index (χ2n) is 16.5. The summed E-state index contributed by atoms with van der Waals surface area (Å²) in [5.74, 6) is 2.13. The normalized spacial score (nSPS) is 24.1. The number of benzene rings is 4. The molecule has 2 aliphatic heterocycles. The van der Waals surface area contributed by atoms with E-state index in [9.17, 15) is 14.7 Å². The highest BCUT2D eigenvalue weighted by atomic mass is 16.7. The number of nitrogens with one attached hydrogen (secondary N) is 3. The molecule has 4 aromatic carbocycles. The predicted octanol–water partition coefficient (Wildman–Crippen LogP) is 8.78. The third kappa shape index (κ3) is 10.4. The molecule has 2 saturated heterocycles. The van der Waals surface area contributed by atoms with Crippen molar-refractivity contribution in [2.24, 2.45) is 5.92 Å². The molecule has 1 saturated carbocycles. The van der Waals surface area contributed by atoms with Crippen molar-refractivity contribution in [3.63, 3.8) is 0 Å². The third-order valence-corrected chi connectivity index (χ3v) is 11.1. The van der Waals surface area contributed by atoms with Gasteiger partial charge in [0.05, 0.1) is 24.9 Å². The second-order valence-corrected chi connectivity index (χ2v) is 16.5. The highest BCUT2D eigenvalue weighted by Gasteiger charge is 2.44. The number of likely N-dealkylation sites (tertiary alicyclic amines) is 1. The van der Waals surface area contributed by atoms with Gasteiger partial charge in [0.2, 0.25) is 5.91 Å². The summed E-state index contributed by atoms with van der Waals surface area (Å²) in [6, 6.07) is 32.5. The van der Waals surface area contributed by atoms with Crippen molar-refractivity contribution < 1.29 is 28.9 Å². The summed E-state index contributed by atoms with van der Waals surface area (Å²) in [7, 11) is 0. The number of ether oxygens (including phenoxy) is 3. The molecule has 3 amide bonds. The van der Waals surface area contributed by atoms with Crippen LogP contribution < -0.4 is 20.7 Å². The van der Waals surface area contributed by atoms with E-state index in [0.29, 0.717) is 42.9 Å². The van der Waals surface area contributed by atoms with Gasteiger partial charge >= 0.3 is 6.03 Å². The average Bonchev–Trinajstić information content (AvgIpc) is 3.21. The van der Waals surface area contributed by atoms with E-state index < -0.39 is 6.29 Å². The number of aliphatic hydroxyl groups excluding tert-OH is 1. The highest BCUT2D eigenvalue weighted by Crippen LogP contribution is 2.42. The standard InChI is InChI=1S/C46H56N4O6/c1-46(2,3)49-43(52)41-26-21-33-9-7-8-12-40(33)50(41)29-39-27-42(34-17-15-32(30-51)16-18-34)56-44(55-39)35-19-13-31(14-20-35)28-47-45(53)48-36-22-24-38(25-23-36)54-37-10-5-4-6-11-37/h4-6,10-11,13-20,22-25,33,39-42,44,51H,7-9,12,21,26-30H2,1-3H3,(H,49,52)(H2,47,48,53)/t33-,39+,40-,41-,42-,44-/m1/s1. The molecule has 4 aromatic rings. The maximum absolute atomic E-state index is 13.8. The number of carbonyl (C=O) groups excluding carboxylic acids is 2. The largest absolute Gasteiger partial charge is 0.457 e. The molecule has 0 spiro atoms. The summed E-state index contributed by atoms with van der Waals surface area (Å²) >= 11 is 0. The van der Waals surface area contributed by atoms with Crippen LogP contribution in [0.25, 0.3) is 0 Å². The summed E-state index contributed by atoms with van der Waals surface area (Å²) in [6.07, 6.45) is 6.31. The molecule has 3 aliphatic rings. The van der Waals surface area contributed by atoms with Gasteiger partial charge in [0.25, 0.3) is 0 Å². The molecule has 56 heavy (non-hydrogen) atoms. The first-order valence-electron chi connectivity index (χ1n) is 20.2. The Labute approximate surface area is 330 Å². The number of urea groups is 1. The molecule has 0 radical (unpaired) electrons. The summed E-state index contributed by atoms with van der Waals surface area (Å²) in [4.78, 5) is 29.0. The van der Waals surface area contributed by atoms with Crippen molar-refractivity contribution in [3.8, 4) is 11.5 Å². The quantitative estimate of drug-likeness (QED) is 0.121. The molecule has 1 aliphatic carbocycles. The Bertz CT molecular complexity index is 1880. The van der Waals surface area contributed by atoms with E-state index in [-0.39, 0.29) is 42.3 Å². The first kappa shape index (κ1) is 39.5. The van der Waals surface area contributed by atoms with Crippen molar-refractivity contribution in [1.82, 2.24) is 15.5 Å². The fraction of sp³-hybridized carbons (Fsp3) is 0.435. The van der Waals surface area contributed by atoms with E-state index in [1.165, 1.54) is 19.3 Å². The van der Waals surface area contributed by atoms with E-state index in [2.05, 4.69) is 20.9 Å².